The van der Waals surface area contributed by atoms with E-state index in [1.807, 2.05) is 5.01 Å². The van der Waals surface area contributed by atoms with Crippen LogP contribution in [-0.2, 0) is 0 Å². The molecule has 0 aromatic rings. The predicted octanol–water partition coefficient (Wildman–Crippen LogP) is 2.71. The van der Waals surface area contributed by atoms with Crippen molar-refractivity contribution >= 4 is 30.2 Å². The van der Waals surface area contributed by atoms with Crippen LogP contribution in [0.1, 0.15) is 26.7 Å². The smallest absolute Gasteiger partial charge is 0.110 e. The van der Waals surface area contributed by atoms with Gasteiger partial charge in [0.2, 0.25) is 0 Å². The second kappa shape index (κ2) is 3.66. The summed E-state index contributed by atoms with van der Waals surface area (Å²) in [5.74, 6) is 0.652. The van der Waals surface area contributed by atoms with Gasteiger partial charge in [-0.2, -0.15) is 5.10 Å². The van der Waals surface area contributed by atoms with Gasteiger partial charge in [-0.15, -0.1) is 24.0 Å². The van der Waals surface area contributed by atoms with Gasteiger partial charge in [0.15, 0.2) is 0 Å². The van der Waals surface area contributed by atoms with Crippen molar-refractivity contribution in [1.82, 2.24) is 5.01 Å². The summed E-state index contributed by atoms with van der Waals surface area (Å²) in [6.07, 6.45) is 4.64. The number of rotatable bonds is 1. The zero-order chi connectivity index (χ0) is 8.77. The Hall–Kier alpha value is 0.0500. The number of halogens is 2. The first-order valence-corrected chi connectivity index (χ1v) is 5.05. The molecule has 0 amide bonds. The summed E-state index contributed by atoms with van der Waals surface area (Å²) in [6.45, 7) is 4.62. The van der Waals surface area contributed by atoms with Gasteiger partial charge in [-0.1, -0.05) is 13.8 Å². The van der Waals surface area contributed by atoms with Crippen LogP contribution in [-0.4, -0.2) is 23.3 Å². The molecule has 1 aliphatic carbocycles. The number of alkyl halides is 1. The van der Waals surface area contributed by atoms with Crippen LogP contribution in [0.3, 0.4) is 0 Å². The van der Waals surface area contributed by atoms with E-state index in [-0.39, 0.29) is 12.4 Å². The molecule has 0 radical (unpaired) electrons. The summed E-state index contributed by atoms with van der Waals surface area (Å²) in [4.78, 5) is 0. The highest BCUT2D eigenvalue weighted by Gasteiger charge is 2.46. The van der Waals surface area contributed by atoms with E-state index in [4.69, 9.17) is 11.6 Å². The molecule has 2 atom stereocenters. The largest absolute Gasteiger partial charge is 0.278 e. The summed E-state index contributed by atoms with van der Waals surface area (Å²) >= 11 is 5.81. The lowest BCUT2D eigenvalue weighted by Gasteiger charge is -2.32. The third-order valence-corrected chi connectivity index (χ3v) is 3.42. The van der Waals surface area contributed by atoms with E-state index in [2.05, 4.69) is 25.2 Å². The van der Waals surface area contributed by atoms with Gasteiger partial charge in [0, 0.05) is 12.1 Å². The van der Waals surface area contributed by atoms with Crippen LogP contribution in [0.15, 0.2) is 5.10 Å². The van der Waals surface area contributed by atoms with Crippen molar-refractivity contribution in [2.45, 2.75) is 32.7 Å². The van der Waals surface area contributed by atoms with Crippen LogP contribution in [0.5, 0.6) is 0 Å². The maximum absolute atomic E-state index is 5.81. The standard InChI is InChI=1S/C9H15ClN2.ClH/c1-9(2)4-3-7-5-11-12(6-10)8(7)9;/h5,7-8H,3-4,6H2,1-2H3;1H. The van der Waals surface area contributed by atoms with Gasteiger partial charge in [-0.25, -0.2) is 0 Å². The summed E-state index contributed by atoms with van der Waals surface area (Å²) in [5.41, 5.74) is 0.385. The molecule has 0 aromatic carbocycles. The van der Waals surface area contributed by atoms with Crippen LogP contribution in [0, 0.1) is 11.3 Å². The first-order valence-electron chi connectivity index (χ1n) is 4.52. The summed E-state index contributed by atoms with van der Waals surface area (Å²) in [6, 6.07) is 1.08. The third kappa shape index (κ3) is 1.66. The Kier molecular flexibility index (Phi) is 3.13. The second-order valence-corrected chi connectivity index (χ2v) is 4.70. The molecule has 1 saturated carbocycles. The predicted molar refractivity (Wildman–Crippen MR) is 58.6 cm³/mol. The summed E-state index contributed by atoms with van der Waals surface area (Å²) in [7, 11) is 0. The molecule has 2 aliphatic rings. The fourth-order valence-electron chi connectivity index (χ4n) is 2.55. The highest BCUT2D eigenvalue weighted by molar-refractivity contribution is 6.17. The lowest BCUT2D eigenvalue weighted by Crippen LogP contribution is -2.38. The van der Waals surface area contributed by atoms with Gasteiger partial charge in [0.1, 0.15) is 6.00 Å². The van der Waals surface area contributed by atoms with Crippen molar-refractivity contribution < 1.29 is 0 Å². The molecular formula is C9H16Cl2N2. The average Bonchev–Trinajstić information content (AvgIpc) is 2.53. The minimum absolute atomic E-state index is 0. The number of hydrazone groups is 1. The molecule has 0 bridgehead atoms. The van der Waals surface area contributed by atoms with Crippen molar-refractivity contribution in [3.63, 3.8) is 0 Å². The summed E-state index contributed by atoms with van der Waals surface area (Å²) < 4.78 is 0. The molecule has 4 heteroatoms. The Morgan fingerprint density at radius 1 is 1.62 bits per heavy atom. The van der Waals surface area contributed by atoms with Crippen molar-refractivity contribution in [3.8, 4) is 0 Å². The molecule has 0 saturated heterocycles. The zero-order valence-electron chi connectivity index (χ0n) is 8.03. The lowest BCUT2D eigenvalue weighted by atomic mass is 9.85. The molecule has 2 unspecified atom stereocenters. The van der Waals surface area contributed by atoms with Gasteiger partial charge in [-0.05, 0) is 18.3 Å². The molecule has 1 aliphatic heterocycles. The Morgan fingerprint density at radius 2 is 2.31 bits per heavy atom. The van der Waals surface area contributed by atoms with Gasteiger partial charge in [0.05, 0.1) is 6.04 Å². The van der Waals surface area contributed by atoms with Gasteiger partial charge >= 0.3 is 0 Å². The Balaban J connectivity index is 0.000000845. The third-order valence-electron chi connectivity index (χ3n) is 3.18. The van der Waals surface area contributed by atoms with Crippen molar-refractivity contribution in [3.05, 3.63) is 0 Å². The summed E-state index contributed by atoms with van der Waals surface area (Å²) in [5, 5.41) is 6.34. The molecule has 0 N–H and O–H groups in total. The first-order chi connectivity index (χ1) is 5.65. The molecule has 2 rings (SSSR count). The van der Waals surface area contributed by atoms with E-state index in [1.165, 1.54) is 12.8 Å². The van der Waals surface area contributed by atoms with E-state index in [0.717, 1.165) is 0 Å². The highest BCUT2D eigenvalue weighted by atomic mass is 35.5. The Labute approximate surface area is 90.7 Å². The maximum Gasteiger partial charge on any atom is 0.110 e. The highest BCUT2D eigenvalue weighted by Crippen LogP contribution is 2.46. The lowest BCUT2D eigenvalue weighted by molar-refractivity contribution is 0.142. The van der Waals surface area contributed by atoms with E-state index < -0.39 is 0 Å². The maximum atomic E-state index is 5.81. The van der Waals surface area contributed by atoms with Gasteiger partial charge in [-0.3, -0.25) is 5.01 Å². The number of fused-ring (bicyclic) bond motifs is 1. The number of hydrogen-bond acceptors (Lipinski definition) is 2. The molecule has 76 valence electrons. The molecule has 1 fully saturated rings. The normalized spacial score (nSPS) is 34.5. The number of nitrogens with zero attached hydrogens (tertiary/aromatic N) is 2. The second-order valence-electron chi connectivity index (χ2n) is 4.46. The van der Waals surface area contributed by atoms with E-state index in [1.54, 1.807) is 0 Å². The fraction of sp³-hybridized carbons (Fsp3) is 0.889. The minimum atomic E-state index is 0. The van der Waals surface area contributed by atoms with Crippen molar-refractivity contribution in [2.24, 2.45) is 16.4 Å². The molecular weight excluding hydrogens is 207 g/mol. The SMILES string of the molecule is CC1(C)CCC2C=NN(CCl)C21.Cl. The van der Waals surface area contributed by atoms with Gasteiger partial charge in [0.25, 0.3) is 0 Å². The molecule has 0 aromatic heterocycles. The number of hydrogen-bond donors (Lipinski definition) is 0. The van der Waals surface area contributed by atoms with Crippen molar-refractivity contribution in [1.29, 1.82) is 0 Å². The van der Waals surface area contributed by atoms with Gasteiger partial charge < -0.3 is 0 Å². The molecule has 1 heterocycles. The van der Waals surface area contributed by atoms with Crippen LogP contribution in [0.4, 0.5) is 0 Å². The van der Waals surface area contributed by atoms with Crippen LogP contribution in [0.25, 0.3) is 0 Å². The van der Waals surface area contributed by atoms with E-state index in [9.17, 15) is 0 Å². The van der Waals surface area contributed by atoms with E-state index in [0.29, 0.717) is 23.4 Å². The quantitative estimate of drug-likeness (QED) is 0.493. The Bertz CT molecular complexity index is 216. The molecule has 2 nitrogen and oxygen atoms in total. The van der Waals surface area contributed by atoms with E-state index >= 15 is 0 Å². The molecule has 0 spiro atoms. The zero-order valence-corrected chi connectivity index (χ0v) is 9.61. The monoisotopic (exact) mass is 222 g/mol. The van der Waals surface area contributed by atoms with Crippen molar-refractivity contribution in [2.75, 3.05) is 6.00 Å². The average molecular weight is 223 g/mol. The first kappa shape index (κ1) is 11.1. The Morgan fingerprint density at radius 3 is 2.92 bits per heavy atom. The minimum Gasteiger partial charge on any atom is -0.278 e. The van der Waals surface area contributed by atoms with Crippen LogP contribution in [0.2, 0.25) is 0 Å². The fourth-order valence-corrected chi connectivity index (χ4v) is 2.76. The molecule has 13 heavy (non-hydrogen) atoms. The topological polar surface area (TPSA) is 15.6 Å². The van der Waals surface area contributed by atoms with Crippen LogP contribution < -0.4 is 0 Å². The van der Waals surface area contributed by atoms with Crippen LogP contribution >= 0.6 is 24.0 Å².